The normalized spacial score (nSPS) is 18.8. The molecule has 0 saturated heterocycles. The van der Waals surface area contributed by atoms with Gasteiger partial charge in [0.05, 0.1) is 5.56 Å². The molecule has 1 aromatic rings. The molecule has 1 aromatic carbocycles. The Bertz CT molecular complexity index is 690. The van der Waals surface area contributed by atoms with Crippen molar-refractivity contribution in [1.29, 1.82) is 0 Å². The summed E-state index contributed by atoms with van der Waals surface area (Å²) in [7, 11) is 0. The van der Waals surface area contributed by atoms with Crippen molar-refractivity contribution in [1.82, 2.24) is 4.90 Å². The highest BCUT2D eigenvalue weighted by atomic mass is 35.5. The van der Waals surface area contributed by atoms with Crippen molar-refractivity contribution in [3.63, 3.8) is 0 Å². The molecule has 0 unspecified atom stereocenters. The van der Waals surface area contributed by atoms with E-state index in [0.29, 0.717) is 28.6 Å². The summed E-state index contributed by atoms with van der Waals surface area (Å²) < 4.78 is 0. The van der Waals surface area contributed by atoms with E-state index in [1.807, 2.05) is 11.0 Å². The molecule has 1 fully saturated rings. The average molecular weight is 318 g/mol. The number of rotatable bonds is 2. The van der Waals surface area contributed by atoms with Gasteiger partial charge in [0.2, 0.25) is 0 Å². The molecule has 3 rings (SSSR count). The van der Waals surface area contributed by atoms with Gasteiger partial charge in [-0.1, -0.05) is 23.4 Å². The topological polar surface area (TPSA) is 40.5 Å². The summed E-state index contributed by atoms with van der Waals surface area (Å²) in [6, 6.07) is 3.82. The minimum Gasteiger partial charge on any atom is -0.378 e. The molecule has 3 nitrogen and oxygen atoms in total. The second-order valence-corrected chi connectivity index (χ2v) is 7.24. The van der Waals surface area contributed by atoms with Crippen molar-refractivity contribution in [2.45, 2.75) is 51.8 Å². The lowest BCUT2D eigenvalue weighted by atomic mass is 10.0. The summed E-state index contributed by atoms with van der Waals surface area (Å²) >= 11 is 6.17. The number of hydrogen-bond donors (Lipinski definition) is 1. The molecule has 1 aliphatic heterocycles. The Hall–Kier alpha value is -1.50. The summed E-state index contributed by atoms with van der Waals surface area (Å²) in [5, 5.41) is 10.4. The van der Waals surface area contributed by atoms with E-state index in [1.165, 1.54) is 12.8 Å². The zero-order valence-corrected chi connectivity index (χ0v) is 13.9. The maximum absolute atomic E-state index is 12.8. The Morgan fingerprint density at radius 2 is 2.09 bits per heavy atom. The maximum atomic E-state index is 12.8. The third-order valence-corrected chi connectivity index (χ3v) is 4.52. The lowest BCUT2D eigenvalue weighted by Gasteiger charge is -2.24. The van der Waals surface area contributed by atoms with Crippen molar-refractivity contribution in [3.8, 4) is 11.8 Å². The van der Waals surface area contributed by atoms with Crippen LogP contribution < -0.4 is 0 Å². The summed E-state index contributed by atoms with van der Waals surface area (Å²) in [5.41, 5.74) is 1.09. The van der Waals surface area contributed by atoms with Gasteiger partial charge in [-0.2, -0.15) is 0 Å². The summed E-state index contributed by atoms with van der Waals surface area (Å²) in [5.74, 6) is 6.36. The Balaban J connectivity index is 1.99. The highest BCUT2D eigenvalue weighted by Gasteiger charge is 2.39. The SMILES string of the molecule is C[C@@H](C1CC1)N1Cc2cc(Cl)cc(C#CC(C)(C)O)c2C1=O. The highest BCUT2D eigenvalue weighted by molar-refractivity contribution is 6.31. The first-order valence-corrected chi connectivity index (χ1v) is 8.03. The smallest absolute Gasteiger partial charge is 0.256 e. The first kappa shape index (κ1) is 15.4. The van der Waals surface area contributed by atoms with Crippen molar-refractivity contribution in [3.05, 3.63) is 33.8 Å². The van der Waals surface area contributed by atoms with Crippen molar-refractivity contribution >= 4 is 17.5 Å². The fraction of sp³-hybridized carbons (Fsp3) is 0.500. The Labute approximate surface area is 136 Å². The molecule has 22 heavy (non-hydrogen) atoms. The second-order valence-electron chi connectivity index (χ2n) is 6.81. The molecule has 116 valence electrons. The van der Waals surface area contributed by atoms with Gasteiger partial charge in [-0.3, -0.25) is 4.79 Å². The van der Waals surface area contributed by atoms with Gasteiger partial charge in [0.1, 0.15) is 5.60 Å². The van der Waals surface area contributed by atoms with Gasteiger partial charge in [0.15, 0.2) is 0 Å². The Morgan fingerprint density at radius 1 is 1.41 bits per heavy atom. The number of fused-ring (bicyclic) bond motifs is 1. The first-order valence-electron chi connectivity index (χ1n) is 7.65. The van der Waals surface area contributed by atoms with E-state index in [9.17, 15) is 9.90 Å². The van der Waals surface area contributed by atoms with Crippen LogP contribution in [0.5, 0.6) is 0 Å². The van der Waals surface area contributed by atoms with Crippen LogP contribution in [0.3, 0.4) is 0 Å². The molecule has 1 atom stereocenters. The van der Waals surface area contributed by atoms with Gasteiger partial charge in [0, 0.05) is 23.2 Å². The molecule has 0 aromatic heterocycles. The van der Waals surface area contributed by atoms with Gasteiger partial charge in [-0.15, -0.1) is 0 Å². The average Bonchev–Trinajstić information content (AvgIpc) is 3.20. The molecule has 1 aliphatic carbocycles. The van der Waals surface area contributed by atoms with Gasteiger partial charge in [0.25, 0.3) is 5.91 Å². The monoisotopic (exact) mass is 317 g/mol. The molecule has 1 amide bonds. The fourth-order valence-electron chi connectivity index (χ4n) is 2.92. The fourth-order valence-corrected chi connectivity index (χ4v) is 3.16. The van der Waals surface area contributed by atoms with Crippen LogP contribution in [0.1, 0.15) is 55.1 Å². The van der Waals surface area contributed by atoms with Crippen LogP contribution in [-0.4, -0.2) is 27.6 Å². The van der Waals surface area contributed by atoms with Crippen LogP contribution in [0.2, 0.25) is 5.02 Å². The van der Waals surface area contributed by atoms with Crippen LogP contribution in [0, 0.1) is 17.8 Å². The predicted octanol–water partition coefficient (Wildman–Crippen LogP) is 3.22. The van der Waals surface area contributed by atoms with E-state index in [4.69, 9.17) is 11.6 Å². The van der Waals surface area contributed by atoms with Crippen LogP contribution in [-0.2, 0) is 6.54 Å². The zero-order valence-electron chi connectivity index (χ0n) is 13.1. The zero-order chi connectivity index (χ0) is 16.1. The first-order chi connectivity index (χ1) is 10.3. The van der Waals surface area contributed by atoms with Crippen LogP contribution >= 0.6 is 11.6 Å². The summed E-state index contributed by atoms with van der Waals surface area (Å²) in [6.07, 6.45) is 2.40. The quantitative estimate of drug-likeness (QED) is 0.851. The van der Waals surface area contributed by atoms with Crippen molar-refractivity contribution < 1.29 is 9.90 Å². The molecule has 1 heterocycles. The van der Waals surface area contributed by atoms with Gasteiger partial charge >= 0.3 is 0 Å². The third-order valence-electron chi connectivity index (χ3n) is 4.30. The van der Waals surface area contributed by atoms with Crippen LogP contribution in [0.15, 0.2) is 12.1 Å². The molecular formula is C18H20ClNO2. The van der Waals surface area contributed by atoms with E-state index in [0.717, 1.165) is 5.56 Å². The van der Waals surface area contributed by atoms with Gasteiger partial charge in [-0.05, 0) is 57.2 Å². The lowest BCUT2D eigenvalue weighted by molar-refractivity contribution is 0.0697. The number of carbonyl (C=O) groups is 1. The Kier molecular flexibility index (Phi) is 3.71. The number of aliphatic hydroxyl groups is 1. The molecule has 2 aliphatic rings. The minimum absolute atomic E-state index is 0.0334. The number of carbonyl (C=O) groups excluding carboxylic acids is 1. The van der Waals surface area contributed by atoms with Crippen LogP contribution in [0.4, 0.5) is 0 Å². The summed E-state index contributed by atoms with van der Waals surface area (Å²) in [6.45, 7) is 5.96. The standard InChI is InChI=1S/C18H20ClNO2/c1-11(12-4-5-12)20-10-14-9-15(19)8-13(16(14)17(20)21)6-7-18(2,3)22/h8-9,11-12,22H,4-5,10H2,1-3H3/t11-/m0/s1. The van der Waals surface area contributed by atoms with E-state index in [-0.39, 0.29) is 11.9 Å². The van der Waals surface area contributed by atoms with E-state index < -0.39 is 5.60 Å². The van der Waals surface area contributed by atoms with Crippen molar-refractivity contribution in [2.24, 2.45) is 5.92 Å². The molecular weight excluding hydrogens is 298 g/mol. The third kappa shape index (κ3) is 2.99. The van der Waals surface area contributed by atoms with Crippen LogP contribution in [0.25, 0.3) is 0 Å². The molecule has 0 radical (unpaired) electrons. The van der Waals surface area contributed by atoms with E-state index >= 15 is 0 Å². The second kappa shape index (κ2) is 5.30. The number of amides is 1. The number of benzene rings is 1. The van der Waals surface area contributed by atoms with Crippen molar-refractivity contribution in [2.75, 3.05) is 0 Å². The molecule has 4 heteroatoms. The lowest BCUT2D eigenvalue weighted by Crippen LogP contribution is -2.34. The van der Waals surface area contributed by atoms with E-state index in [2.05, 4.69) is 18.8 Å². The molecule has 1 N–H and O–H groups in total. The number of nitrogens with zero attached hydrogens (tertiary/aromatic N) is 1. The molecule has 0 spiro atoms. The molecule has 0 bridgehead atoms. The summed E-state index contributed by atoms with van der Waals surface area (Å²) in [4.78, 5) is 14.7. The van der Waals surface area contributed by atoms with E-state index in [1.54, 1.807) is 19.9 Å². The minimum atomic E-state index is -1.10. The molecule has 1 saturated carbocycles. The Morgan fingerprint density at radius 3 is 2.68 bits per heavy atom. The largest absolute Gasteiger partial charge is 0.378 e. The van der Waals surface area contributed by atoms with Gasteiger partial charge in [-0.25, -0.2) is 0 Å². The number of halogens is 1. The van der Waals surface area contributed by atoms with Gasteiger partial charge < -0.3 is 10.0 Å². The highest BCUT2D eigenvalue weighted by Crippen LogP contribution is 2.39. The maximum Gasteiger partial charge on any atom is 0.256 e. The predicted molar refractivity (Wildman–Crippen MR) is 86.7 cm³/mol. The number of hydrogen-bond acceptors (Lipinski definition) is 2.